The lowest BCUT2D eigenvalue weighted by Crippen LogP contribution is -2.39. The molecule has 1 aliphatic heterocycles. The van der Waals surface area contributed by atoms with Gasteiger partial charge in [-0.15, -0.1) is 11.3 Å². The van der Waals surface area contributed by atoms with Crippen LogP contribution in [0.15, 0.2) is 5.38 Å². The molecule has 7 heteroatoms. The number of halogens is 1. The Balaban J connectivity index is 2.02. The molecule has 0 radical (unpaired) electrons. The van der Waals surface area contributed by atoms with E-state index in [1.807, 2.05) is 0 Å². The Morgan fingerprint density at radius 3 is 2.84 bits per heavy atom. The minimum atomic E-state index is -0.824. The first-order valence-electron chi connectivity index (χ1n) is 6.17. The molecule has 0 unspecified atom stereocenters. The van der Waals surface area contributed by atoms with E-state index in [-0.39, 0.29) is 23.2 Å². The van der Waals surface area contributed by atoms with Gasteiger partial charge in [-0.3, -0.25) is 4.79 Å². The van der Waals surface area contributed by atoms with Crippen molar-refractivity contribution in [3.05, 3.63) is 16.1 Å². The molecule has 2 heterocycles. The number of thiazole rings is 1. The van der Waals surface area contributed by atoms with Gasteiger partial charge in [0.25, 0.3) is 5.91 Å². The molecule has 1 amide bonds. The average Bonchev–Trinajstić information content (AvgIpc) is 2.89. The van der Waals surface area contributed by atoms with Gasteiger partial charge >= 0.3 is 5.97 Å². The van der Waals surface area contributed by atoms with Crippen molar-refractivity contribution in [2.45, 2.75) is 25.9 Å². The molecule has 1 aromatic rings. The van der Waals surface area contributed by atoms with Gasteiger partial charge in [0.05, 0.1) is 6.61 Å². The van der Waals surface area contributed by atoms with Crippen molar-refractivity contribution >= 4 is 23.2 Å². The standard InChI is InChI=1S/C12H15FN2O3S/c1-2-18-12(17)10-14-9(7-19-10)11(16)15-5-3-8(13)4-6-15/h7-8H,2-6H2,1H3. The summed E-state index contributed by atoms with van der Waals surface area (Å²) in [6, 6.07) is 0. The quantitative estimate of drug-likeness (QED) is 0.796. The number of ether oxygens (including phenoxy) is 1. The number of esters is 1. The van der Waals surface area contributed by atoms with Crippen LogP contribution in [0.2, 0.25) is 0 Å². The maximum Gasteiger partial charge on any atom is 0.367 e. The van der Waals surface area contributed by atoms with E-state index in [4.69, 9.17) is 4.74 Å². The van der Waals surface area contributed by atoms with E-state index in [0.717, 1.165) is 11.3 Å². The number of nitrogens with zero attached hydrogens (tertiary/aromatic N) is 2. The zero-order valence-electron chi connectivity index (χ0n) is 10.6. The molecule has 0 spiro atoms. The van der Waals surface area contributed by atoms with E-state index in [9.17, 15) is 14.0 Å². The van der Waals surface area contributed by atoms with Crippen LogP contribution >= 0.6 is 11.3 Å². The minimum absolute atomic E-state index is 0.172. The molecule has 19 heavy (non-hydrogen) atoms. The molecule has 0 aromatic carbocycles. The first kappa shape index (κ1) is 13.9. The summed E-state index contributed by atoms with van der Waals surface area (Å²) in [4.78, 5) is 29.1. The van der Waals surface area contributed by atoms with Gasteiger partial charge in [-0.05, 0) is 19.8 Å². The molecule has 1 aromatic heterocycles. The Bertz CT molecular complexity index is 469. The number of amides is 1. The first-order valence-corrected chi connectivity index (χ1v) is 7.05. The number of likely N-dealkylation sites (tertiary alicyclic amines) is 1. The van der Waals surface area contributed by atoms with Gasteiger partial charge in [0, 0.05) is 18.5 Å². The highest BCUT2D eigenvalue weighted by atomic mass is 32.1. The number of carbonyl (C=O) groups is 2. The summed E-state index contributed by atoms with van der Waals surface area (Å²) in [5.74, 6) is -0.771. The first-order chi connectivity index (χ1) is 9.11. The van der Waals surface area contributed by atoms with Crippen LogP contribution in [0.4, 0.5) is 4.39 Å². The molecule has 104 valence electrons. The molecular formula is C12H15FN2O3S. The van der Waals surface area contributed by atoms with Crippen LogP contribution in [0.25, 0.3) is 0 Å². The second kappa shape index (κ2) is 6.10. The van der Waals surface area contributed by atoms with E-state index in [2.05, 4.69) is 4.98 Å². The van der Waals surface area contributed by atoms with Crippen LogP contribution in [0.1, 0.15) is 40.1 Å². The van der Waals surface area contributed by atoms with Crippen molar-refractivity contribution in [1.82, 2.24) is 9.88 Å². The topological polar surface area (TPSA) is 59.5 Å². The maximum absolute atomic E-state index is 13.0. The van der Waals surface area contributed by atoms with Crippen molar-refractivity contribution in [3.63, 3.8) is 0 Å². The van der Waals surface area contributed by atoms with Gasteiger partial charge < -0.3 is 9.64 Å². The van der Waals surface area contributed by atoms with E-state index in [0.29, 0.717) is 25.9 Å². The summed E-state index contributed by atoms with van der Waals surface area (Å²) < 4.78 is 17.8. The normalized spacial score (nSPS) is 16.4. The minimum Gasteiger partial charge on any atom is -0.461 e. The molecule has 5 nitrogen and oxygen atoms in total. The van der Waals surface area contributed by atoms with Gasteiger partial charge in [-0.1, -0.05) is 0 Å². The molecule has 0 bridgehead atoms. The number of alkyl halides is 1. The SMILES string of the molecule is CCOC(=O)c1nc(C(=O)N2CCC(F)CC2)cs1. The summed E-state index contributed by atoms with van der Waals surface area (Å²) in [6.45, 7) is 2.77. The zero-order chi connectivity index (χ0) is 13.8. The molecule has 1 aliphatic rings. The lowest BCUT2D eigenvalue weighted by Gasteiger charge is -2.27. The van der Waals surface area contributed by atoms with Crippen LogP contribution in [-0.4, -0.2) is 47.6 Å². The van der Waals surface area contributed by atoms with Gasteiger partial charge in [-0.2, -0.15) is 0 Å². The van der Waals surface area contributed by atoms with Crippen molar-refractivity contribution < 1.29 is 18.7 Å². The number of piperidine rings is 1. The molecule has 0 saturated carbocycles. The third-order valence-corrected chi connectivity index (χ3v) is 3.71. The Morgan fingerprint density at radius 1 is 1.53 bits per heavy atom. The molecule has 1 fully saturated rings. The van der Waals surface area contributed by atoms with E-state index in [1.54, 1.807) is 11.8 Å². The van der Waals surface area contributed by atoms with E-state index < -0.39 is 12.1 Å². The van der Waals surface area contributed by atoms with Gasteiger partial charge in [0.2, 0.25) is 5.01 Å². The highest BCUT2D eigenvalue weighted by Gasteiger charge is 2.25. The molecule has 1 saturated heterocycles. The average molecular weight is 286 g/mol. The number of aromatic nitrogens is 1. The summed E-state index contributed by atoms with van der Waals surface area (Å²) in [7, 11) is 0. The molecule has 0 aliphatic carbocycles. The van der Waals surface area contributed by atoms with Crippen molar-refractivity contribution in [2.75, 3.05) is 19.7 Å². The fourth-order valence-corrected chi connectivity index (χ4v) is 2.55. The Kier molecular flexibility index (Phi) is 4.47. The van der Waals surface area contributed by atoms with Crippen molar-refractivity contribution in [3.8, 4) is 0 Å². The van der Waals surface area contributed by atoms with Crippen LogP contribution in [0.5, 0.6) is 0 Å². The third kappa shape index (κ3) is 3.28. The number of carbonyl (C=O) groups excluding carboxylic acids is 2. The Morgan fingerprint density at radius 2 is 2.21 bits per heavy atom. The third-order valence-electron chi connectivity index (χ3n) is 2.89. The predicted molar refractivity (Wildman–Crippen MR) is 68.1 cm³/mol. The van der Waals surface area contributed by atoms with Crippen LogP contribution in [0, 0.1) is 0 Å². The lowest BCUT2D eigenvalue weighted by atomic mass is 10.1. The fourth-order valence-electron chi connectivity index (χ4n) is 1.87. The molecule has 2 rings (SSSR count). The van der Waals surface area contributed by atoms with E-state index in [1.165, 1.54) is 5.38 Å². The van der Waals surface area contributed by atoms with Gasteiger partial charge in [0.1, 0.15) is 11.9 Å². The number of hydrogen-bond donors (Lipinski definition) is 0. The second-order valence-electron chi connectivity index (χ2n) is 4.23. The summed E-state index contributed by atoms with van der Waals surface area (Å²) in [6.07, 6.45) is -0.101. The summed E-state index contributed by atoms with van der Waals surface area (Å²) in [5, 5.41) is 1.71. The number of hydrogen-bond acceptors (Lipinski definition) is 5. The fraction of sp³-hybridized carbons (Fsp3) is 0.583. The highest BCUT2D eigenvalue weighted by molar-refractivity contribution is 7.11. The molecule has 0 N–H and O–H groups in total. The summed E-state index contributed by atoms with van der Waals surface area (Å²) in [5.41, 5.74) is 0.227. The van der Waals surface area contributed by atoms with Gasteiger partial charge in [0.15, 0.2) is 0 Å². The molecular weight excluding hydrogens is 271 g/mol. The predicted octanol–water partition coefficient (Wildman–Crippen LogP) is 1.89. The molecule has 0 atom stereocenters. The van der Waals surface area contributed by atoms with E-state index >= 15 is 0 Å². The van der Waals surface area contributed by atoms with Crippen LogP contribution in [-0.2, 0) is 4.74 Å². The van der Waals surface area contributed by atoms with Gasteiger partial charge in [-0.25, -0.2) is 14.2 Å². The van der Waals surface area contributed by atoms with Crippen LogP contribution in [0.3, 0.4) is 0 Å². The Labute approximate surface area is 114 Å². The Hall–Kier alpha value is -1.50. The van der Waals surface area contributed by atoms with Crippen molar-refractivity contribution in [1.29, 1.82) is 0 Å². The highest BCUT2D eigenvalue weighted by Crippen LogP contribution is 2.18. The largest absolute Gasteiger partial charge is 0.461 e. The maximum atomic E-state index is 13.0. The second-order valence-corrected chi connectivity index (χ2v) is 5.08. The summed E-state index contributed by atoms with van der Waals surface area (Å²) >= 11 is 1.08. The number of rotatable bonds is 3. The van der Waals surface area contributed by atoms with Crippen molar-refractivity contribution in [2.24, 2.45) is 0 Å². The smallest absolute Gasteiger partial charge is 0.367 e. The monoisotopic (exact) mass is 286 g/mol. The van der Waals surface area contributed by atoms with Crippen LogP contribution < -0.4 is 0 Å². The zero-order valence-corrected chi connectivity index (χ0v) is 11.4. The lowest BCUT2D eigenvalue weighted by molar-refractivity contribution is 0.0526.